The van der Waals surface area contributed by atoms with Gasteiger partial charge in [-0.25, -0.2) is 12.7 Å². The highest BCUT2D eigenvalue weighted by Gasteiger charge is 2.14. The number of aromatic nitrogens is 1. The van der Waals surface area contributed by atoms with E-state index in [0.717, 1.165) is 22.5 Å². The summed E-state index contributed by atoms with van der Waals surface area (Å²) in [6, 6.07) is 12.8. The van der Waals surface area contributed by atoms with Gasteiger partial charge in [0.15, 0.2) is 0 Å². The molecule has 0 fully saturated rings. The summed E-state index contributed by atoms with van der Waals surface area (Å²) in [5.74, 6) is 2.97. The van der Waals surface area contributed by atoms with Gasteiger partial charge in [-0.05, 0) is 54.5 Å². The first-order valence-electron chi connectivity index (χ1n) is 8.72. The van der Waals surface area contributed by atoms with Gasteiger partial charge in [0.25, 0.3) is 0 Å². The smallest absolute Gasteiger partial charge is 0.238 e. The molecule has 0 amide bonds. The van der Waals surface area contributed by atoms with Crippen molar-refractivity contribution in [2.24, 2.45) is 0 Å². The fourth-order valence-corrected chi connectivity index (χ4v) is 3.38. The number of rotatable bonds is 4. The molecule has 1 N–H and O–H groups in total. The van der Waals surface area contributed by atoms with Crippen LogP contribution in [-0.4, -0.2) is 30.5 Å². The Bertz CT molecular complexity index is 921. The second-order valence-corrected chi connectivity index (χ2v) is 9.67. The molecule has 1 aromatic carbocycles. The highest BCUT2D eigenvalue weighted by atomic mass is 32.2. The number of nitrogens with one attached hydrogen (secondary N) is 1. The number of hydrogen-bond donors (Lipinski definition) is 1. The van der Waals surface area contributed by atoms with Crippen LogP contribution in [0.4, 0.5) is 0 Å². The Kier molecular flexibility index (Phi) is 5.87. The van der Waals surface area contributed by atoms with Crippen LogP contribution in [0.2, 0.25) is 0 Å². The van der Waals surface area contributed by atoms with Crippen LogP contribution in [-0.2, 0) is 21.9 Å². The Morgan fingerprint density at radius 1 is 1.12 bits per heavy atom. The normalized spacial score (nSPS) is 11.8. The van der Waals surface area contributed by atoms with Gasteiger partial charge in [0.05, 0.1) is 6.26 Å². The molecule has 0 saturated heterocycles. The van der Waals surface area contributed by atoms with Gasteiger partial charge in [-0.15, -0.1) is 0 Å². The van der Waals surface area contributed by atoms with Crippen LogP contribution in [0.5, 0.6) is 0 Å². The SMILES string of the molecule is Cc1cc(C)c(CCN(C#Cc2ccc(C(C)(C)C)cc2)S(C)(=O)=O)[nH]1. The van der Waals surface area contributed by atoms with Gasteiger partial charge in [-0.2, -0.15) is 0 Å². The Labute approximate surface area is 157 Å². The number of benzene rings is 1. The molecule has 0 saturated carbocycles. The van der Waals surface area contributed by atoms with Crippen molar-refractivity contribution in [2.75, 3.05) is 12.8 Å². The maximum Gasteiger partial charge on any atom is 0.238 e. The lowest BCUT2D eigenvalue weighted by molar-refractivity contribution is 0.517. The fraction of sp³-hybridized carbons (Fsp3) is 0.429. The van der Waals surface area contributed by atoms with E-state index in [1.165, 1.54) is 16.1 Å². The molecule has 2 rings (SSSR count). The molecule has 0 aliphatic heterocycles. The lowest BCUT2D eigenvalue weighted by atomic mass is 9.87. The van der Waals surface area contributed by atoms with E-state index in [1.807, 2.05) is 38.1 Å². The quantitative estimate of drug-likeness (QED) is 0.656. The van der Waals surface area contributed by atoms with Gasteiger partial charge >= 0.3 is 0 Å². The molecule has 0 aliphatic rings. The summed E-state index contributed by atoms with van der Waals surface area (Å²) in [6.07, 6.45) is 1.79. The van der Waals surface area contributed by atoms with Crippen molar-refractivity contribution in [3.63, 3.8) is 0 Å². The maximum absolute atomic E-state index is 12.1. The second-order valence-electron chi connectivity index (χ2n) is 7.76. The summed E-state index contributed by atoms with van der Waals surface area (Å²) in [5, 5.41) is 0. The summed E-state index contributed by atoms with van der Waals surface area (Å²) in [7, 11) is -3.40. The topological polar surface area (TPSA) is 53.2 Å². The lowest BCUT2D eigenvalue weighted by Gasteiger charge is -2.18. The van der Waals surface area contributed by atoms with Crippen molar-refractivity contribution in [3.05, 3.63) is 58.4 Å². The fourth-order valence-electron chi connectivity index (χ4n) is 2.74. The summed E-state index contributed by atoms with van der Waals surface area (Å²) in [4.78, 5) is 3.28. The number of sulfonamides is 1. The molecule has 0 spiro atoms. The number of H-pyrrole nitrogens is 1. The van der Waals surface area contributed by atoms with E-state index in [4.69, 9.17) is 0 Å². The Morgan fingerprint density at radius 2 is 1.73 bits per heavy atom. The molecular weight excluding hydrogens is 344 g/mol. The summed E-state index contributed by atoms with van der Waals surface area (Å²) < 4.78 is 25.3. The van der Waals surface area contributed by atoms with E-state index >= 15 is 0 Å². The van der Waals surface area contributed by atoms with Crippen molar-refractivity contribution in [1.82, 2.24) is 9.29 Å². The van der Waals surface area contributed by atoms with Crippen LogP contribution < -0.4 is 0 Å². The van der Waals surface area contributed by atoms with E-state index in [2.05, 4.69) is 43.8 Å². The highest BCUT2D eigenvalue weighted by Crippen LogP contribution is 2.22. The van der Waals surface area contributed by atoms with Gasteiger partial charge < -0.3 is 4.98 Å². The first kappa shape index (κ1) is 20.1. The lowest BCUT2D eigenvalue weighted by Crippen LogP contribution is -2.27. The molecule has 26 heavy (non-hydrogen) atoms. The number of aryl methyl sites for hydroxylation is 2. The highest BCUT2D eigenvalue weighted by molar-refractivity contribution is 7.88. The van der Waals surface area contributed by atoms with Crippen molar-refractivity contribution in [3.8, 4) is 12.0 Å². The van der Waals surface area contributed by atoms with Gasteiger partial charge in [0.1, 0.15) is 0 Å². The van der Waals surface area contributed by atoms with Crippen molar-refractivity contribution in [1.29, 1.82) is 0 Å². The van der Waals surface area contributed by atoms with Crippen LogP contribution in [0.1, 0.15) is 48.8 Å². The predicted octanol–water partition coefficient (Wildman–Crippen LogP) is 3.74. The summed E-state index contributed by atoms with van der Waals surface area (Å²) in [6.45, 7) is 10.8. The molecule has 0 aliphatic carbocycles. The average Bonchev–Trinajstić information content (AvgIpc) is 2.83. The summed E-state index contributed by atoms with van der Waals surface area (Å²) in [5.41, 5.74) is 5.37. The molecule has 0 bridgehead atoms. The summed E-state index contributed by atoms with van der Waals surface area (Å²) >= 11 is 0. The first-order valence-corrected chi connectivity index (χ1v) is 10.6. The molecule has 0 atom stereocenters. The zero-order valence-electron chi connectivity index (χ0n) is 16.5. The van der Waals surface area contributed by atoms with Gasteiger partial charge in [0.2, 0.25) is 10.0 Å². The molecular formula is C21H28N2O2S. The van der Waals surface area contributed by atoms with Gasteiger partial charge in [-0.3, -0.25) is 0 Å². The first-order chi connectivity index (χ1) is 12.0. The van der Waals surface area contributed by atoms with Crippen molar-refractivity contribution in [2.45, 2.75) is 46.5 Å². The van der Waals surface area contributed by atoms with E-state index < -0.39 is 10.0 Å². The van der Waals surface area contributed by atoms with Gasteiger partial charge in [-0.1, -0.05) is 32.9 Å². The molecule has 2 aromatic rings. The number of aromatic amines is 1. The third-order valence-corrected chi connectivity index (χ3v) is 5.37. The maximum atomic E-state index is 12.1. The molecule has 0 radical (unpaired) electrons. The minimum atomic E-state index is -3.40. The largest absolute Gasteiger partial charge is 0.362 e. The molecule has 4 nitrogen and oxygen atoms in total. The average molecular weight is 373 g/mol. The molecule has 0 unspecified atom stereocenters. The van der Waals surface area contributed by atoms with Crippen LogP contribution in [0.15, 0.2) is 30.3 Å². The Hall–Kier alpha value is -2.19. The zero-order chi connectivity index (χ0) is 19.5. The van der Waals surface area contributed by atoms with Crippen LogP contribution >= 0.6 is 0 Å². The van der Waals surface area contributed by atoms with Crippen molar-refractivity contribution < 1.29 is 8.42 Å². The van der Waals surface area contributed by atoms with Crippen LogP contribution in [0.25, 0.3) is 0 Å². The van der Waals surface area contributed by atoms with E-state index in [1.54, 1.807) is 0 Å². The van der Waals surface area contributed by atoms with E-state index in [9.17, 15) is 8.42 Å². The zero-order valence-corrected chi connectivity index (χ0v) is 17.3. The minimum Gasteiger partial charge on any atom is -0.362 e. The van der Waals surface area contributed by atoms with E-state index in [0.29, 0.717) is 13.0 Å². The second kappa shape index (κ2) is 7.59. The number of nitrogens with zero attached hydrogens (tertiary/aromatic N) is 1. The predicted molar refractivity (Wildman–Crippen MR) is 108 cm³/mol. The Morgan fingerprint density at radius 3 is 2.19 bits per heavy atom. The van der Waals surface area contributed by atoms with Crippen LogP contribution in [0.3, 0.4) is 0 Å². The Balaban J connectivity index is 2.16. The minimum absolute atomic E-state index is 0.0801. The number of hydrogen-bond acceptors (Lipinski definition) is 2. The third-order valence-electron chi connectivity index (χ3n) is 4.30. The molecule has 140 valence electrons. The van der Waals surface area contributed by atoms with Crippen molar-refractivity contribution >= 4 is 10.0 Å². The van der Waals surface area contributed by atoms with E-state index in [-0.39, 0.29) is 5.41 Å². The molecule has 1 heterocycles. The molecule has 5 heteroatoms. The standard InChI is InChI=1S/C21H28N2O2S/c1-16-15-17(2)22-20(16)12-14-23(26(6,24)25)13-11-18-7-9-19(10-8-18)21(3,4)5/h7-10,15,22H,12,14H2,1-6H3. The van der Waals surface area contributed by atoms with Crippen LogP contribution in [0, 0.1) is 25.8 Å². The molecule has 1 aromatic heterocycles. The third kappa shape index (κ3) is 5.40. The van der Waals surface area contributed by atoms with Gasteiger partial charge in [0, 0.05) is 36.0 Å². The monoisotopic (exact) mass is 372 g/mol.